The van der Waals surface area contributed by atoms with Crippen molar-refractivity contribution in [3.63, 3.8) is 0 Å². The lowest BCUT2D eigenvalue weighted by atomic mass is 9.94. The van der Waals surface area contributed by atoms with Crippen LogP contribution in [0.15, 0.2) is 23.4 Å². The van der Waals surface area contributed by atoms with Crippen molar-refractivity contribution in [1.82, 2.24) is 14.7 Å². The Morgan fingerprint density at radius 1 is 1.09 bits per heavy atom. The summed E-state index contributed by atoms with van der Waals surface area (Å²) in [7, 11) is 0. The minimum absolute atomic E-state index is 0.0715. The molecule has 4 aliphatic rings. The molecule has 0 spiro atoms. The molecule has 1 N–H and O–H groups in total. The first kappa shape index (κ1) is 22.8. The lowest BCUT2D eigenvalue weighted by molar-refractivity contribution is -0.136. The monoisotopic (exact) mass is 473 g/mol. The minimum atomic E-state index is -1.26. The number of rotatable bonds is 5. The number of nitrogens with zero attached hydrogens (tertiary/aromatic N) is 3. The van der Waals surface area contributed by atoms with Crippen molar-refractivity contribution in [2.24, 2.45) is 0 Å². The van der Waals surface area contributed by atoms with E-state index in [4.69, 9.17) is 9.47 Å². The second-order valence-corrected chi connectivity index (χ2v) is 9.30. The van der Waals surface area contributed by atoms with Gasteiger partial charge in [0, 0.05) is 38.3 Å². The number of hydrogen-bond acceptors (Lipinski definition) is 7. The van der Waals surface area contributed by atoms with Gasteiger partial charge in [-0.2, -0.15) is 0 Å². The Balaban J connectivity index is 1.21. The van der Waals surface area contributed by atoms with Gasteiger partial charge >= 0.3 is 18.0 Å². The molecular formula is C24H28FN3O6. The normalized spacial score (nSPS) is 26.3. The SMILES string of the molecule is CC1=C(N2CCN(C3CCN(C[C@H](O)c4ccc5c(c4C)COC5=O)CC3F)C2=O)COC1=O. The standard InChI is InChI=1S/C24H28FN3O6/c1-13-15(3-4-16-17(13)11-33-23(16)31)21(29)10-26-6-5-19(18(25)9-26)27-7-8-28(24(27)32)20-12-34-22(30)14(20)2/h3-4,18-19,21,29H,5-12H2,1-2H3/t18?,19?,21-/m0/s1. The van der Waals surface area contributed by atoms with Crippen LogP contribution in [0.4, 0.5) is 9.18 Å². The van der Waals surface area contributed by atoms with Gasteiger partial charge in [0.25, 0.3) is 0 Å². The summed E-state index contributed by atoms with van der Waals surface area (Å²) < 4.78 is 25.3. The van der Waals surface area contributed by atoms with E-state index < -0.39 is 24.3 Å². The van der Waals surface area contributed by atoms with Gasteiger partial charge in [-0.05, 0) is 37.5 Å². The molecule has 2 fully saturated rings. The van der Waals surface area contributed by atoms with Crippen molar-refractivity contribution in [2.75, 3.05) is 39.3 Å². The summed E-state index contributed by atoms with van der Waals surface area (Å²) in [4.78, 5) is 41.3. The van der Waals surface area contributed by atoms with Crippen LogP contribution in [-0.4, -0.2) is 89.3 Å². The number of amides is 2. The summed E-state index contributed by atoms with van der Waals surface area (Å²) in [5.41, 5.74) is 3.84. The van der Waals surface area contributed by atoms with Crippen LogP contribution in [0.25, 0.3) is 0 Å². The number of benzene rings is 1. The predicted octanol–water partition coefficient (Wildman–Crippen LogP) is 1.68. The molecule has 0 saturated carbocycles. The van der Waals surface area contributed by atoms with E-state index in [1.54, 1.807) is 24.0 Å². The molecule has 0 radical (unpaired) electrons. The number of aliphatic hydroxyl groups excluding tert-OH is 1. The molecule has 1 aromatic rings. The number of piperidine rings is 1. The van der Waals surface area contributed by atoms with Crippen LogP contribution in [-0.2, 0) is 20.9 Å². The van der Waals surface area contributed by atoms with Crippen LogP contribution in [0, 0.1) is 6.92 Å². The Kier molecular flexibility index (Phi) is 5.81. The summed E-state index contributed by atoms with van der Waals surface area (Å²) in [6, 6.07) is 2.57. The first-order valence-electron chi connectivity index (χ1n) is 11.5. The smallest absolute Gasteiger partial charge is 0.338 e. The average molecular weight is 474 g/mol. The van der Waals surface area contributed by atoms with E-state index in [1.807, 2.05) is 11.8 Å². The third-order valence-electron chi connectivity index (χ3n) is 7.44. The number of urea groups is 1. The maximum atomic E-state index is 15.2. The highest BCUT2D eigenvalue weighted by molar-refractivity contribution is 5.94. The molecule has 0 bridgehead atoms. The molecule has 4 heterocycles. The van der Waals surface area contributed by atoms with Crippen LogP contribution in [0.1, 0.15) is 46.5 Å². The van der Waals surface area contributed by atoms with E-state index in [0.717, 1.165) is 11.1 Å². The molecule has 5 rings (SSSR count). The van der Waals surface area contributed by atoms with Crippen LogP contribution < -0.4 is 0 Å². The number of halogens is 1. The highest BCUT2D eigenvalue weighted by Crippen LogP contribution is 2.32. The van der Waals surface area contributed by atoms with Gasteiger partial charge < -0.3 is 19.5 Å². The Hall–Kier alpha value is -2.98. The number of hydrogen-bond donors (Lipinski definition) is 1. The zero-order valence-corrected chi connectivity index (χ0v) is 19.3. The number of cyclic esters (lactones) is 2. The molecule has 2 amide bonds. The van der Waals surface area contributed by atoms with Crippen molar-refractivity contribution >= 4 is 18.0 Å². The van der Waals surface area contributed by atoms with Gasteiger partial charge in [0.05, 0.1) is 29.0 Å². The fraction of sp³-hybridized carbons (Fsp3) is 0.542. The molecule has 0 aliphatic carbocycles. The molecule has 2 saturated heterocycles. The van der Waals surface area contributed by atoms with Crippen molar-refractivity contribution < 1.29 is 33.4 Å². The number of fused-ring (bicyclic) bond motifs is 1. The lowest BCUT2D eigenvalue weighted by Crippen LogP contribution is -2.54. The first-order valence-corrected chi connectivity index (χ1v) is 11.5. The second kappa shape index (κ2) is 8.66. The van der Waals surface area contributed by atoms with Gasteiger partial charge in [0.2, 0.25) is 0 Å². The third-order valence-corrected chi connectivity index (χ3v) is 7.44. The number of esters is 2. The molecule has 9 nitrogen and oxygen atoms in total. The predicted molar refractivity (Wildman–Crippen MR) is 117 cm³/mol. The Morgan fingerprint density at radius 3 is 2.56 bits per heavy atom. The summed E-state index contributed by atoms with van der Waals surface area (Å²) >= 11 is 0. The van der Waals surface area contributed by atoms with Crippen LogP contribution in [0.5, 0.6) is 0 Å². The van der Waals surface area contributed by atoms with Crippen LogP contribution >= 0.6 is 0 Å². The van der Waals surface area contributed by atoms with E-state index in [2.05, 4.69) is 0 Å². The summed E-state index contributed by atoms with van der Waals surface area (Å²) in [5.74, 6) is -0.774. The van der Waals surface area contributed by atoms with Gasteiger partial charge in [-0.3, -0.25) is 9.80 Å². The average Bonchev–Trinajstić information content (AvgIpc) is 3.47. The van der Waals surface area contributed by atoms with Gasteiger partial charge in [-0.25, -0.2) is 18.8 Å². The van der Waals surface area contributed by atoms with Crippen molar-refractivity contribution in [1.29, 1.82) is 0 Å². The zero-order chi connectivity index (χ0) is 24.1. The summed E-state index contributed by atoms with van der Waals surface area (Å²) in [6.07, 6.45) is -1.64. The lowest BCUT2D eigenvalue weighted by Gasteiger charge is -2.39. The van der Waals surface area contributed by atoms with Crippen LogP contribution in [0.2, 0.25) is 0 Å². The van der Waals surface area contributed by atoms with Gasteiger partial charge in [-0.15, -0.1) is 0 Å². The quantitative estimate of drug-likeness (QED) is 0.650. The molecule has 2 unspecified atom stereocenters. The van der Waals surface area contributed by atoms with Gasteiger partial charge in [-0.1, -0.05) is 6.07 Å². The van der Waals surface area contributed by atoms with Gasteiger partial charge in [0.1, 0.15) is 19.4 Å². The fourth-order valence-electron chi connectivity index (χ4n) is 5.40. The fourth-order valence-corrected chi connectivity index (χ4v) is 5.40. The maximum absolute atomic E-state index is 15.2. The molecule has 34 heavy (non-hydrogen) atoms. The Labute approximate surface area is 196 Å². The van der Waals surface area contributed by atoms with E-state index in [-0.39, 0.29) is 38.3 Å². The Bertz CT molecular complexity index is 1090. The van der Waals surface area contributed by atoms with Gasteiger partial charge in [0.15, 0.2) is 0 Å². The molecule has 4 aliphatic heterocycles. The minimum Gasteiger partial charge on any atom is -0.457 e. The topological polar surface area (TPSA) is 99.6 Å². The van der Waals surface area contributed by atoms with E-state index in [1.165, 1.54) is 4.90 Å². The highest BCUT2D eigenvalue weighted by atomic mass is 19.1. The number of likely N-dealkylation sites (tertiary alicyclic amines) is 1. The van der Waals surface area contributed by atoms with E-state index in [0.29, 0.717) is 48.5 Å². The van der Waals surface area contributed by atoms with Crippen molar-refractivity contribution in [3.05, 3.63) is 45.7 Å². The first-order chi connectivity index (χ1) is 16.3. The number of aliphatic hydroxyl groups is 1. The molecule has 3 atom stereocenters. The summed E-state index contributed by atoms with van der Waals surface area (Å²) in [6.45, 7) is 5.47. The molecule has 0 aromatic heterocycles. The third kappa shape index (κ3) is 3.74. The Morgan fingerprint density at radius 2 is 1.85 bits per heavy atom. The van der Waals surface area contributed by atoms with E-state index >= 15 is 4.39 Å². The number of ether oxygens (including phenoxy) is 2. The zero-order valence-electron chi connectivity index (χ0n) is 19.3. The largest absolute Gasteiger partial charge is 0.457 e. The highest BCUT2D eigenvalue weighted by Gasteiger charge is 2.43. The van der Waals surface area contributed by atoms with E-state index in [9.17, 15) is 19.5 Å². The molecular weight excluding hydrogens is 445 g/mol. The number of carbonyl (C=O) groups is 3. The summed E-state index contributed by atoms with van der Waals surface area (Å²) in [5, 5.41) is 10.9. The van der Waals surface area contributed by atoms with Crippen molar-refractivity contribution in [2.45, 2.75) is 45.2 Å². The second-order valence-electron chi connectivity index (χ2n) is 9.30. The molecule has 10 heteroatoms. The number of alkyl halides is 1. The van der Waals surface area contributed by atoms with Crippen molar-refractivity contribution in [3.8, 4) is 0 Å². The van der Waals surface area contributed by atoms with Crippen LogP contribution in [0.3, 0.4) is 0 Å². The molecule has 182 valence electrons. The maximum Gasteiger partial charge on any atom is 0.338 e. The number of β-amino-alcohol motifs (C(OH)–C–C–N with tert-alkyl or cyclic N) is 1. The number of carbonyl (C=O) groups excluding carboxylic acids is 3. The molecule has 1 aromatic carbocycles.